The molecule has 19 heavy (non-hydrogen) atoms. The third-order valence-corrected chi connectivity index (χ3v) is 5.48. The highest BCUT2D eigenvalue weighted by Crippen LogP contribution is 2.26. The van der Waals surface area contributed by atoms with Crippen LogP contribution >= 0.6 is 11.8 Å². The lowest BCUT2D eigenvalue weighted by Gasteiger charge is -2.26. The Morgan fingerprint density at radius 1 is 1.32 bits per heavy atom. The number of carbonyl (C=O) groups excluding carboxylic acids is 1. The Kier molecular flexibility index (Phi) is 5.10. The highest BCUT2D eigenvalue weighted by atomic mass is 32.2. The molecule has 2 aliphatic heterocycles. The molecule has 0 aromatic carbocycles. The number of nitrogens with one attached hydrogen (secondary N) is 1. The lowest BCUT2D eigenvalue weighted by molar-refractivity contribution is -0.142. The molecule has 0 aromatic rings. The van der Waals surface area contributed by atoms with Crippen LogP contribution in [0.15, 0.2) is 0 Å². The molecular weight excluding hydrogens is 264 g/mol. The Bertz CT molecular complexity index is 345. The molecule has 2 rings (SSSR count). The fraction of sp³-hybridized carbons (Fsp3) is 0.846. The van der Waals surface area contributed by atoms with Crippen molar-refractivity contribution in [2.45, 2.75) is 37.5 Å². The van der Waals surface area contributed by atoms with Crippen molar-refractivity contribution in [3.05, 3.63) is 0 Å². The van der Waals surface area contributed by atoms with E-state index >= 15 is 0 Å². The first kappa shape index (κ1) is 14.7. The van der Waals surface area contributed by atoms with Gasteiger partial charge in [-0.1, -0.05) is 0 Å². The molecule has 6 heteroatoms. The summed E-state index contributed by atoms with van der Waals surface area (Å²) in [6, 6.07) is -0.168. The second kappa shape index (κ2) is 6.61. The molecule has 1 amide bonds. The SMILES string of the molecule is CC1C(C(=O)O)CCN1C(=O)CSC1CCNCC1. The van der Waals surface area contributed by atoms with Gasteiger partial charge in [0.15, 0.2) is 0 Å². The smallest absolute Gasteiger partial charge is 0.308 e. The van der Waals surface area contributed by atoms with E-state index in [2.05, 4.69) is 5.32 Å². The molecule has 0 aromatic heterocycles. The Morgan fingerprint density at radius 3 is 2.58 bits per heavy atom. The lowest BCUT2D eigenvalue weighted by Crippen LogP contribution is -2.39. The monoisotopic (exact) mass is 286 g/mol. The minimum Gasteiger partial charge on any atom is -0.481 e. The van der Waals surface area contributed by atoms with Crippen molar-refractivity contribution in [2.75, 3.05) is 25.4 Å². The highest BCUT2D eigenvalue weighted by molar-refractivity contribution is 8.00. The third kappa shape index (κ3) is 3.63. The maximum Gasteiger partial charge on any atom is 0.308 e. The molecule has 2 unspecified atom stereocenters. The quantitative estimate of drug-likeness (QED) is 0.800. The minimum atomic E-state index is -0.784. The molecule has 2 heterocycles. The van der Waals surface area contributed by atoms with Crippen molar-refractivity contribution in [2.24, 2.45) is 5.92 Å². The summed E-state index contributed by atoms with van der Waals surface area (Å²) in [5.74, 6) is -0.595. The molecule has 5 nitrogen and oxygen atoms in total. The van der Waals surface area contributed by atoms with Crippen LogP contribution in [0.2, 0.25) is 0 Å². The van der Waals surface area contributed by atoms with Gasteiger partial charge in [0, 0.05) is 17.8 Å². The number of thioether (sulfide) groups is 1. The second-order valence-electron chi connectivity index (χ2n) is 5.32. The van der Waals surface area contributed by atoms with E-state index in [1.807, 2.05) is 6.92 Å². The summed E-state index contributed by atoms with van der Waals surface area (Å²) in [4.78, 5) is 24.9. The molecular formula is C13H22N2O3S. The van der Waals surface area contributed by atoms with Gasteiger partial charge in [0.2, 0.25) is 5.91 Å². The topological polar surface area (TPSA) is 69.6 Å². The number of hydrogen-bond donors (Lipinski definition) is 2. The van der Waals surface area contributed by atoms with Crippen LogP contribution in [0.1, 0.15) is 26.2 Å². The van der Waals surface area contributed by atoms with Gasteiger partial charge in [-0.05, 0) is 39.3 Å². The van der Waals surface area contributed by atoms with Crippen LogP contribution in [0, 0.1) is 5.92 Å². The largest absolute Gasteiger partial charge is 0.481 e. The number of nitrogens with zero attached hydrogens (tertiary/aromatic N) is 1. The lowest BCUT2D eigenvalue weighted by atomic mass is 10.0. The molecule has 2 fully saturated rings. The van der Waals surface area contributed by atoms with Gasteiger partial charge in [-0.25, -0.2) is 0 Å². The van der Waals surface area contributed by atoms with E-state index in [0.717, 1.165) is 25.9 Å². The van der Waals surface area contributed by atoms with Crippen LogP contribution in [-0.4, -0.2) is 58.6 Å². The molecule has 0 aliphatic carbocycles. The molecule has 0 spiro atoms. The first-order valence-corrected chi connectivity index (χ1v) is 7.99. The number of carboxylic acid groups (broad SMARTS) is 1. The van der Waals surface area contributed by atoms with Crippen molar-refractivity contribution in [1.82, 2.24) is 10.2 Å². The molecule has 0 bridgehead atoms. The zero-order valence-electron chi connectivity index (χ0n) is 11.3. The van der Waals surface area contributed by atoms with Crippen LogP contribution in [0.5, 0.6) is 0 Å². The normalized spacial score (nSPS) is 28.6. The summed E-state index contributed by atoms with van der Waals surface area (Å²) in [5, 5.41) is 12.9. The summed E-state index contributed by atoms with van der Waals surface area (Å²) < 4.78 is 0. The van der Waals surface area contributed by atoms with E-state index in [-0.39, 0.29) is 11.9 Å². The van der Waals surface area contributed by atoms with Gasteiger partial charge in [-0.3, -0.25) is 9.59 Å². The first-order valence-electron chi connectivity index (χ1n) is 6.94. The van der Waals surface area contributed by atoms with Gasteiger partial charge in [-0.2, -0.15) is 0 Å². The van der Waals surface area contributed by atoms with Crippen molar-refractivity contribution < 1.29 is 14.7 Å². The number of likely N-dealkylation sites (tertiary alicyclic amines) is 1. The van der Waals surface area contributed by atoms with Gasteiger partial charge in [0.1, 0.15) is 0 Å². The number of hydrogen-bond acceptors (Lipinski definition) is 4. The number of rotatable bonds is 4. The molecule has 2 aliphatic rings. The Morgan fingerprint density at radius 2 is 2.00 bits per heavy atom. The summed E-state index contributed by atoms with van der Waals surface area (Å²) in [6.07, 6.45) is 2.82. The number of aliphatic carboxylic acids is 1. The maximum absolute atomic E-state index is 12.2. The second-order valence-corrected chi connectivity index (χ2v) is 6.61. The van der Waals surface area contributed by atoms with Gasteiger partial charge >= 0.3 is 5.97 Å². The average Bonchev–Trinajstić information content (AvgIpc) is 2.79. The van der Waals surface area contributed by atoms with E-state index < -0.39 is 11.9 Å². The maximum atomic E-state index is 12.2. The number of piperidine rings is 1. The van der Waals surface area contributed by atoms with E-state index in [0.29, 0.717) is 24.0 Å². The summed E-state index contributed by atoms with van der Waals surface area (Å²) >= 11 is 1.73. The van der Waals surface area contributed by atoms with Gasteiger partial charge in [0.25, 0.3) is 0 Å². The van der Waals surface area contributed by atoms with Crippen LogP contribution in [0.25, 0.3) is 0 Å². The molecule has 2 atom stereocenters. The van der Waals surface area contributed by atoms with Crippen LogP contribution in [-0.2, 0) is 9.59 Å². The van der Waals surface area contributed by atoms with Crippen LogP contribution in [0.4, 0.5) is 0 Å². The first-order chi connectivity index (χ1) is 9.09. The Balaban J connectivity index is 1.78. The van der Waals surface area contributed by atoms with Crippen LogP contribution in [0.3, 0.4) is 0 Å². The van der Waals surface area contributed by atoms with Gasteiger partial charge in [-0.15, -0.1) is 11.8 Å². The van der Waals surface area contributed by atoms with Crippen LogP contribution < -0.4 is 5.32 Å². The van der Waals surface area contributed by atoms with Gasteiger partial charge < -0.3 is 15.3 Å². The van der Waals surface area contributed by atoms with E-state index in [1.54, 1.807) is 16.7 Å². The highest BCUT2D eigenvalue weighted by Gasteiger charge is 2.37. The average molecular weight is 286 g/mol. The van der Waals surface area contributed by atoms with Gasteiger partial charge in [0.05, 0.1) is 11.7 Å². The van der Waals surface area contributed by atoms with Crippen molar-refractivity contribution in [3.63, 3.8) is 0 Å². The Hall–Kier alpha value is -0.750. The number of carbonyl (C=O) groups is 2. The molecule has 108 valence electrons. The van der Waals surface area contributed by atoms with Crippen molar-refractivity contribution in [3.8, 4) is 0 Å². The van der Waals surface area contributed by atoms with Crippen molar-refractivity contribution >= 4 is 23.6 Å². The predicted octanol–water partition coefficient (Wildman–Crippen LogP) is 0.793. The molecule has 0 radical (unpaired) electrons. The fourth-order valence-corrected chi connectivity index (χ4v) is 3.97. The minimum absolute atomic E-state index is 0.0970. The zero-order chi connectivity index (χ0) is 13.8. The summed E-state index contributed by atoms with van der Waals surface area (Å²) in [5.41, 5.74) is 0. The number of amides is 1. The van der Waals surface area contributed by atoms with E-state index in [4.69, 9.17) is 5.11 Å². The van der Waals surface area contributed by atoms with E-state index in [9.17, 15) is 9.59 Å². The zero-order valence-corrected chi connectivity index (χ0v) is 12.1. The molecule has 2 N–H and O–H groups in total. The third-order valence-electron chi connectivity index (χ3n) is 4.12. The Labute approximate surface area is 118 Å². The predicted molar refractivity (Wildman–Crippen MR) is 75.3 cm³/mol. The fourth-order valence-electron chi connectivity index (χ4n) is 2.86. The summed E-state index contributed by atoms with van der Waals surface area (Å²) in [6.45, 7) is 4.50. The standard InChI is InChI=1S/C13H22N2O3S/c1-9-11(13(17)18)4-7-15(9)12(16)8-19-10-2-5-14-6-3-10/h9-11,14H,2-8H2,1H3,(H,17,18). The van der Waals surface area contributed by atoms with E-state index in [1.165, 1.54) is 0 Å². The molecule has 0 saturated carbocycles. The van der Waals surface area contributed by atoms with Crippen molar-refractivity contribution in [1.29, 1.82) is 0 Å². The summed E-state index contributed by atoms with van der Waals surface area (Å²) in [7, 11) is 0. The molecule has 2 saturated heterocycles. The number of carboxylic acids is 1.